The van der Waals surface area contributed by atoms with E-state index in [0.29, 0.717) is 17.8 Å². The maximum Gasteiger partial charge on any atom is 0.319 e. The summed E-state index contributed by atoms with van der Waals surface area (Å²) in [6.45, 7) is 3.90. The van der Waals surface area contributed by atoms with Crippen molar-refractivity contribution in [2.24, 2.45) is 0 Å². The zero-order chi connectivity index (χ0) is 12.7. The Morgan fingerprint density at radius 3 is 2.47 bits per heavy atom. The molecule has 3 N–H and O–H groups in total. The summed E-state index contributed by atoms with van der Waals surface area (Å²) in [6, 6.07) is 6.30. The van der Waals surface area contributed by atoms with Gasteiger partial charge in [0.15, 0.2) is 0 Å². The van der Waals surface area contributed by atoms with E-state index in [9.17, 15) is 9.59 Å². The topological polar surface area (TPSA) is 70.2 Å². The van der Waals surface area contributed by atoms with Gasteiger partial charge in [0.05, 0.1) is 0 Å². The van der Waals surface area contributed by atoms with Gasteiger partial charge >= 0.3 is 6.03 Å². The van der Waals surface area contributed by atoms with Crippen molar-refractivity contribution >= 4 is 17.6 Å². The Bertz CT molecular complexity index is 412. The molecule has 0 aromatic heterocycles. The van der Waals surface area contributed by atoms with Crippen LogP contribution in [0.25, 0.3) is 0 Å². The number of urea groups is 1. The SMILES string of the molecule is C=CCNC(=O)Nc1ccc(C(=O)NC)cc1. The molecule has 1 aromatic carbocycles. The highest BCUT2D eigenvalue weighted by atomic mass is 16.2. The molecule has 0 spiro atoms. The predicted octanol–water partition coefficient (Wildman–Crippen LogP) is 1.35. The normalized spacial score (nSPS) is 9.24. The highest BCUT2D eigenvalue weighted by Crippen LogP contribution is 2.09. The van der Waals surface area contributed by atoms with Gasteiger partial charge < -0.3 is 16.0 Å². The lowest BCUT2D eigenvalue weighted by Crippen LogP contribution is -2.28. The Labute approximate surface area is 99.9 Å². The molecule has 5 heteroatoms. The van der Waals surface area contributed by atoms with Gasteiger partial charge in [0.25, 0.3) is 5.91 Å². The molecule has 0 aliphatic rings. The van der Waals surface area contributed by atoms with E-state index < -0.39 is 0 Å². The van der Waals surface area contributed by atoms with Crippen LogP contribution in [-0.4, -0.2) is 25.5 Å². The lowest BCUT2D eigenvalue weighted by molar-refractivity contribution is 0.0963. The second kappa shape index (κ2) is 6.32. The maximum atomic E-state index is 11.3. The van der Waals surface area contributed by atoms with Crippen molar-refractivity contribution in [3.63, 3.8) is 0 Å². The minimum absolute atomic E-state index is 0.160. The van der Waals surface area contributed by atoms with Crippen LogP contribution in [0.5, 0.6) is 0 Å². The van der Waals surface area contributed by atoms with Gasteiger partial charge in [-0.15, -0.1) is 6.58 Å². The molecule has 90 valence electrons. The molecule has 3 amide bonds. The molecule has 0 unspecified atom stereocenters. The lowest BCUT2D eigenvalue weighted by Gasteiger charge is -2.06. The number of hydrogen-bond acceptors (Lipinski definition) is 2. The van der Waals surface area contributed by atoms with Gasteiger partial charge in [-0.05, 0) is 24.3 Å². The Morgan fingerprint density at radius 1 is 1.29 bits per heavy atom. The van der Waals surface area contributed by atoms with E-state index >= 15 is 0 Å². The number of nitrogens with one attached hydrogen (secondary N) is 3. The van der Waals surface area contributed by atoms with Crippen LogP contribution in [0.2, 0.25) is 0 Å². The average Bonchev–Trinajstić information content (AvgIpc) is 2.36. The molecule has 0 radical (unpaired) electrons. The molecule has 1 rings (SSSR count). The second-order valence-corrected chi connectivity index (χ2v) is 3.28. The first kappa shape index (κ1) is 12.8. The van der Waals surface area contributed by atoms with E-state index in [1.54, 1.807) is 37.4 Å². The summed E-state index contributed by atoms with van der Waals surface area (Å²) in [5.41, 5.74) is 1.17. The van der Waals surface area contributed by atoms with Crippen molar-refractivity contribution in [3.05, 3.63) is 42.5 Å². The van der Waals surface area contributed by atoms with Crippen LogP contribution in [0, 0.1) is 0 Å². The molecule has 0 saturated heterocycles. The molecule has 5 nitrogen and oxygen atoms in total. The van der Waals surface area contributed by atoms with E-state index in [-0.39, 0.29) is 11.9 Å². The molecule has 0 fully saturated rings. The van der Waals surface area contributed by atoms with Gasteiger partial charge in [-0.25, -0.2) is 4.79 Å². The summed E-state index contributed by atoms with van der Waals surface area (Å²) in [6.07, 6.45) is 1.59. The van der Waals surface area contributed by atoms with Crippen LogP contribution >= 0.6 is 0 Å². The zero-order valence-electron chi connectivity index (χ0n) is 9.62. The van der Waals surface area contributed by atoms with Crippen molar-refractivity contribution in [1.82, 2.24) is 10.6 Å². The first-order valence-corrected chi connectivity index (χ1v) is 5.15. The van der Waals surface area contributed by atoms with Crippen molar-refractivity contribution in [2.45, 2.75) is 0 Å². The van der Waals surface area contributed by atoms with Gasteiger partial charge in [0, 0.05) is 24.8 Å². The molecule has 0 aliphatic carbocycles. The van der Waals surface area contributed by atoms with Gasteiger partial charge in [0.1, 0.15) is 0 Å². The summed E-state index contributed by atoms with van der Waals surface area (Å²) in [7, 11) is 1.57. The molecule has 1 aromatic rings. The molecule has 0 heterocycles. The van der Waals surface area contributed by atoms with E-state index in [1.165, 1.54) is 0 Å². The van der Waals surface area contributed by atoms with E-state index in [0.717, 1.165) is 0 Å². The van der Waals surface area contributed by atoms with Gasteiger partial charge in [-0.3, -0.25) is 4.79 Å². The highest BCUT2D eigenvalue weighted by Gasteiger charge is 2.03. The summed E-state index contributed by atoms with van der Waals surface area (Å²) in [5.74, 6) is -0.160. The van der Waals surface area contributed by atoms with Crippen LogP contribution in [0.1, 0.15) is 10.4 Å². The van der Waals surface area contributed by atoms with Crippen molar-refractivity contribution in [2.75, 3.05) is 18.9 Å². The fraction of sp³-hybridized carbons (Fsp3) is 0.167. The van der Waals surface area contributed by atoms with Crippen LogP contribution < -0.4 is 16.0 Å². The quantitative estimate of drug-likeness (QED) is 0.687. The fourth-order valence-corrected chi connectivity index (χ4v) is 1.19. The van der Waals surface area contributed by atoms with Gasteiger partial charge in [-0.1, -0.05) is 6.08 Å². The minimum atomic E-state index is -0.308. The lowest BCUT2D eigenvalue weighted by atomic mass is 10.2. The van der Waals surface area contributed by atoms with E-state index in [1.807, 2.05) is 0 Å². The minimum Gasteiger partial charge on any atom is -0.355 e. The van der Waals surface area contributed by atoms with Crippen LogP contribution in [0.4, 0.5) is 10.5 Å². The Hall–Kier alpha value is -2.30. The second-order valence-electron chi connectivity index (χ2n) is 3.28. The summed E-state index contributed by atoms with van der Waals surface area (Å²) < 4.78 is 0. The standard InChI is InChI=1S/C12H15N3O2/c1-3-8-14-12(17)15-10-6-4-9(5-7-10)11(16)13-2/h3-7H,1,8H2,2H3,(H,13,16)(H2,14,15,17). The maximum absolute atomic E-state index is 11.3. The number of carbonyl (C=O) groups is 2. The Morgan fingerprint density at radius 2 is 1.94 bits per heavy atom. The van der Waals surface area contributed by atoms with Gasteiger partial charge in [0.2, 0.25) is 0 Å². The first-order chi connectivity index (χ1) is 8.17. The number of rotatable bonds is 4. The summed E-state index contributed by atoms with van der Waals surface area (Å²) >= 11 is 0. The number of benzene rings is 1. The molecule has 0 atom stereocenters. The van der Waals surface area contributed by atoms with Crippen molar-refractivity contribution in [3.8, 4) is 0 Å². The molecule has 17 heavy (non-hydrogen) atoms. The zero-order valence-corrected chi connectivity index (χ0v) is 9.62. The molecule has 0 saturated carbocycles. The average molecular weight is 233 g/mol. The van der Waals surface area contributed by atoms with E-state index in [2.05, 4.69) is 22.5 Å². The molecule has 0 aliphatic heterocycles. The Kier molecular flexibility index (Phi) is 4.75. The summed E-state index contributed by atoms with van der Waals surface area (Å²) in [4.78, 5) is 22.6. The summed E-state index contributed by atoms with van der Waals surface area (Å²) in [5, 5.41) is 7.73. The third kappa shape index (κ3) is 3.98. The fourth-order valence-electron chi connectivity index (χ4n) is 1.19. The number of amides is 3. The first-order valence-electron chi connectivity index (χ1n) is 5.15. The Balaban J connectivity index is 2.59. The number of anilines is 1. The molecular formula is C12H15N3O2. The third-order valence-corrected chi connectivity index (χ3v) is 2.04. The highest BCUT2D eigenvalue weighted by molar-refractivity contribution is 5.95. The van der Waals surface area contributed by atoms with Gasteiger partial charge in [-0.2, -0.15) is 0 Å². The molecular weight excluding hydrogens is 218 g/mol. The molecule has 0 bridgehead atoms. The number of carbonyl (C=O) groups excluding carboxylic acids is 2. The monoisotopic (exact) mass is 233 g/mol. The number of hydrogen-bond donors (Lipinski definition) is 3. The predicted molar refractivity (Wildman–Crippen MR) is 67.1 cm³/mol. The van der Waals surface area contributed by atoms with E-state index in [4.69, 9.17) is 0 Å². The van der Waals surface area contributed by atoms with Crippen LogP contribution in [-0.2, 0) is 0 Å². The van der Waals surface area contributed by atoms with Crippen molar-refractivity contribution < 1.29 is 9.59 Å². The smallest absolute Gasteiger partial charge is 0.319 e. The van der Waals surface area contributed by atoms with Crippen LogP contribution in [0.3, 0.4) is 0 Å². The van der Waals surface area contributed by atoms with Crippen LogP contribution in [0.15, 0.2) is 36.9 Å². The largest absolute Gasteiger partial charge is 0.355 e. The third-order valence-electron chi connectivity index (χ3n) is 2.04. The van der Waals surface area contributed by atoms with Crippen molar-refractivity contribution in [1.29, 1.82) is 0 Å².